The average Bonchev–Trinajstić information content (AvgIpc) is 2.59. The van der Waals surface area contributed by atoms with Crippen LogP contribution in [0.25, 0.3) is 0 Å². The van der Waals surface area contributed by atoms with Crippen LogP contribution in [0.2, 0.25) is 0 Å². The van der Waals surface area contributed by atoms with Crippen LogP contribution in [0.3, 0.4) is 0 Å². The monoisotopic (exact) mass is 323 g/mol. The van der Waals surface area contributed by atoms with Gasteiger partial charge in [-0.15, -0.1) is 0 Å². The minimum absolute atomic E-state index is 0.126. The third-order valence-electron chi connectivity index (χ3n) is 3.71. The van der Waals surface area contributed by atoms with Gasteiger partial charge in [-0.05, 0) is 47.7 Å². The molecule has 0 unspecified atom stereocenters. The van der Waals surface area contributed by atoms with Gasteiger partial charge in [-0.3, -0.25) is 0 Å². The zero-order valence-corrected chi connectivity index (χ0v) is 14.2. The van der Waals surface area contributed by atoms with E-state index in [9.17, 15) is 4.79 Å². The van der Waals surface area contributed by atoms with Crippen molar-refractivity contribution in [2.75, 3.05) is 6.61 Å². The van der Waals surface area contributed by atoms with Crippen LogP contribution < -0.4 is 4.74 Å². The molecule has 0 aromatic heterocycles. The molecular formula is C20H21NO3. The van der Waals surface area contributed by atoms with Crippen LogP contribution in [0.1, 0.15) is 42.0 Å². The largest absolute Gasteiger partial charge is 0.482 e. The Morgan fingerprint density at radius 3 is 2.50 bits per heavy atom. The number of carbonyl (C=O) groups is 1. The second-order valence-electron chi connectivity index (χ2n) is 5.94. The SMILES string of the molecule is Cc1ccc(C(C)C)cc1OCC(=O)OCc1ccc(C#N)cc1. The Morgan fingerprint density at radius 1 is 1.17 bits per heavy atom. The number of rotatable bonds is 6. The van der Waals surface area contributed by atoms with Gasteiger partial charge in [-0.1, -0.05) is 38.1 Å². The van der Waals surface area contributed by atoms with Gasteiger partial charge in [0, 0.05) is 0 Å². The van der Waals surface area contributed by atoms with Crippen molar-refractivity contribution in [3.05, 3.63) is 64.7 Å². The van der Waals surface area contributed by atoms with Gasteiger partial charge in [0.2, 0.25) is 0 Å². The van der Waals surface area contributed by atoms with E-state index < -0.39 is 5.97 Å². The van der Waals surface area contributed by atoms with Crippen LogP contribution in [0.4, 0.5) is 0 Å². The highest BCUT2D eigenvalue weighted by molar-refractivity contribution is 5.71. The van der Waals surface area contributed by atoms with E-state index >= 15 is 0 Å². The smallest absolute Gasteiger partial charge is 0.344 e. The molecular weight excluding hydrogens is 302 g/mol. The third kappa shape index (κ3) is 4.85. The molecule has 0 radical (unpaired) electrons. The lowest BCUT2D eigenvalue weighted by Gasteiger charge is -2.12. The fraction of sp³-hybridized carbons (Fsp3) is 0.300. The fourth-order valence-electron chi connectivity index (χ4n) is 2.15. The van der Waals surface area contributed by atoms with Gasteiger partial charge in [0.15, 0.2) is 6.61 Å². The van der Waals surface area contributed by atoms with Gasteiger partial charge in [-0.25, -0.2) is 4.79 Å². The van der Waals surface area contributed by atoms with E-state index in [1.807, 2.05) is 25.1 Å². The molecule has 2 rings (SSSR count). The number of nitrogens with zero attached hydrogens (tertiary/aromatic N) is 1. The molecule has 0 aliphatic rings. The van der Waals surface area contributed by atoms with E-state index in [4.69, 9.17) is 14.7 Å². The summed E-state index contributed by atoms with van der Waals surface area (Å²) >= 11 is 0. The van der Waals surface area contributed by atoms with Gasteiger partial charge < -0.3 is 9.47 Å². The van der Waals surface area contributed by atoms with Gasteiger partial charge >= 0.3 is 5.97 Å². The zero-order valence-electron chi connectivity index (χ0n) is 14.2. The van der Waals surface area contributed by atoms with E-state index in [1.54, 1.807) is 24.3 Å². The van der Waals surface area contributed by atoms with E-state index in [0.29, 0.717) is 17.2 Å². The maximum Gasteiger partial charge on any atom is 0.344 e. The molecule has 24 heavy (non-hydrogen) atoms. The maximum absolute atomic E-state index is 11.8. The molecule has 4 heteroatoms. The molecule has 0 amide bonds. The summed E-state index contributed by atoms with van der Waals surface area (Å²) in [6, 6.07) is 15.0. The molecule has 124 valence electrons. The zero-order chi connectivity index (χ0) is 17.5. The number of nitriles is 1. The lowest BCUT2D eigenvalue weighted by molar-refractivity contribution is -0.147. The predicted molar refractivity (Wildman–Crippen MR) is 91.7 cm³/mol. The molecule has 0 saturated heterocycles. The molecule has 0 heterocycles. The van der Waals surface area contributed by atoms with Gasteiger partial charge in [0.25, 0.3) is 0 Å². The fourth-order valence-corrected chi connectivity index (χ4v) is 2.15. The Kier molecular flexibility index (Phi) is 5.97. The highest BCUT2D eigenvalue weighted by Crippen LogP contribution is 2.24. The number of ether oxygens (including phenoxy) is 2. The molecule has 2 aromatic carbocycles. The van der Waals surface area contributed by atoms with Gasteiger partial charge in [0.1, 0.15) is 12.4 Å². The first kappa shape index (κ1) is 17.6. The number of benzene rings is 2. The Morgan fingerprint density at radius 2 is 1.88 bits per heavy atom. The lowest BCUT2D eigenvalue weighted by atomic mass is 10.0. The molecule has 4 nitrogen and oxygen atoms in total. The number of hydrogen-bond donors (Lipinski definition) is 0. The summed E-state index contributed by atoms with van der Waals surface area (Å²) < 4.78 is 10.8. The van der Waals surface area contributed by atoms with Crippen molar-refractivity contribution in [3.8, 4) is 11.8 Å². The molecule has 2 aromatic rings. The average molecular weight is 323 g/mol. The number of esters is 1. The minimum Gasteiger partial charge on any atom is -0.482 e. The van der Waals surface area contributed by atoms with E-state index in [2.05, 4.69) is 19.9 Å². The molecule has 0 atom stereocenters. The van der Waals surface area contributed by atoms with Crippen LogP contribution >= 0.6 is 0 Å². The van der Waals surface area contributed by atoms with Crippen LogP contribution in [-0.4, -0.2) is 12.6 Å². The molecule has 0 aliphatic carbocycles. The first-order chi connectivity index (χ1) is 11.5. The first-order valence-electron chi connectivity index (χ1n) is 7.87. The Labute approximate surface area is 142 Å². The lowest BCUT2D eigenvalue weighted by Crippen LogP contribution is -2.15. The molecule has 0 spiro atoms. The molecule has 0 fully saturated rings. The van der Waals surface area contributed by atoms with Crippen molar-refractivity contribution in [1.82, 2.24) is 0 Å². The summed E-state index contributed by atoms with van der Waals surface area (Å²) in [5.41, 5.74) is 3.56. The van der Waals surface area contributed by atoms with E-state index in [1.165, 1.54) is 5.56 Å². The van der Waals surface area contributed by atoms with E-state index in [-0.39, 0.29) is 13.2 Å². The highest BCUT2D eigenvalue weighted by atomic mass is 16.6. The molecule has 0 bridgehead atoms. The summed E-state index contributed by atoms with van der Waals surface area (Å²) in [6.07, 6.45) is 0. The Balaban J connectivity index is 1.87. The first-order valence-corrected chi connectivity index (χ1v) is 7.87. The normalized spacial score (nSPS) is 10.3. The van der Waals surface area contributed by atoms with Crippen molar-refractivity contribution in [2.24, 2.45) is 0 Å². The number of aryl methyl sites for hydroxylation is 1. The van der Waals surface area contributed by atoms with Crippen LogP contribution in [-0.2, 0) is 16.1 Å². The summed E-state index contributed by atoms with van der Waals surface area (Å²) in [7, 11) is 0. The second-order valence-corrected chi connectivity index (χ2v) is 5.94. The summed E-state index contributed by atoms with van der Waals surface area (Å²) in [5.74, 6) is 0.682. The Hall–Kier alpha value is -2.80. The van der Waals surface area contributed by atoms with Crippen molar-refractivity contribution < 1.29 is 14.3 Å². The van der Waals surface area contributed by atoms with Gasteiger partial charge in [0.05, 0.1) is 11.6 Å². The van der Waals surface area contributed by atoms with Crippen molar-refractivity contribution >= 4 is 5.97 Å². The molecule has 0 saturated carbocycles. The second kappa shape index (κ2) is 8.16. The summed E-state index contributed by atoms with van der Waals surface area (Å²) in [6.45, 7) is 6.21. The van der Waals surface area contributed by atoms with Crippen molar-refractivity contribution in [3.63, 3.8) is 0 Å². The quantitative estimate of drug-likeness (QED) is 0.751. The minimum atomic E-state index is -0.422. The van der Waals surface area contributed by atoms with Crippen LogP contribution in [0.15, 0.2) is 42.5 Å². The van der Waals surface area contributed by atoms with Crippen LogP contribution in [0.5, 0.6) is 5.75 Å². The Bertz CT molecular complexity index is 742. The van der Waals surface area contributed by atoms with Crippen molar-refractivity contribution in [1.29, 1.82) is 5.26 Å². The van der Waals surface area contributed by atoms with Crippen molar-refractivity contribution in [2.45, 2.75) is 33.3 Å². The summed E-state index contributed by atoms with van der Waals surface area (Å²) in [4.78, 5) is 11.8. The molecule has 0 N–H and O–H groups in total. The molecule has 0 aliphatic heterocycles. The maximum atomic E-state index is 11.8. The third-order valence-corrected chi connectivity index (χ3v) is 3.71. The topological polar surface area (TPSA) is 59.3 Å². The number of hydrogen-bond acceptors (Lipinski definition) is 4. The standard InChI is InChI=1S/C20H21NO3/c1-14(2)18-9-4-15(3)19(10-18)23-13-20(22)24-12-17-7-5-16(11-21)6-8-17/h4-10,14H,12-13H2,1-3H3. The summed E-state index contributed by atoms with van der Waals surface area (Å²) in [5, 5.41) is 8.75. The van der Waals surface area contributed by atoms with E-state index in [0.717, 1.165) is 11.1 Å². The predicted octanol–water partition coefficient (Wildman–Crippen LogP) is 4.11. The van der Waals surface area contributed by atoms with Crippen LogP contribution in [0, 0.1) is 18.3 Å². The van der Waals surface area contributed by atoms with Gasteiger partial charge in [-0.2, -0.15) is 5.26 Å². The number of carbonyl (C=O) groups excluding carboxylic acids is 1. The highest BCUT2D eigenvalue weighted by Gasteiger charge is 2.09.